The Morgan fingerprint density at radius 2 is 1.94 bits per heavy atom. The normalized spacial score (nSPS) is 10.7. The lowest BCUT2D eigenvalue weighted by molar-refractivity contribution is 0.0600. The van der Waals surface area contributed by atoms with Gasteiger partial charge >= 0.3 is 5.97 Å². The summed E-state index contributed by atoms with van der Waals surface area (Å²) in [5, 5.41) is 17.8. The summed E-state index contributed by atoms with van der Waals surface area (Å²) in [5.41, 5.74) is 1.45. The molecule has 18 heavy (non-hydrogen) atoms. The van der Waals surface area contributed by atoms with E-state index in [-0.39, 0.29) is 19.2 Å². The molecule has 0 aliphatic rings. The highest BCUT2D eigenvalue weighted by molar-refractivity contribution is 5.89. The van der Waals surface area contributed by atoms with Gasteiger partial charge in [-0.15, -0.1) is 0 Å². The Kier molecular flexibility index (Phi) is 6.35. The van der Waals surface area contributed by atoms with E-state index in [9.17, 15) is 4.79 Å². The first-order valence-electron chi connectivity index (χ1n) is 5.82. The van der Waals surface area contributed by atoms with Crippen molar-refractivity contribution in [2.75, 3.05) is 33.4 Å². The van der Waals surface area contributed by atoms with E-state index in [4.69, 9.17) is 10.2 Å². The summed E-state index contributed by atoms with van der Waals surface area (Å²) in [7, 11) is 1.35. The molecule has 0 spiro atoms. The summed E-state index contributed by atoms with van der Waals surface area (Å²) < 4.78 is 4.66. The van der Waals surface area contributed by atoms with Crippen LogP contribution in [0.15, 0.2) is 24.3 Å². The second-order valence-electron chi connectivity index (χ2n) is 3.92. The zero-order chi connectivity index (χ0) is 13.4. The molecule has 0 fully saturated rings. The molecule has 0 unspecified atom stereocenters. The Balaban J connectivity index is 2.73. The van der Waals surface area contributed by atoms with Crippen LogP contribution in [-0.2, 0) is 11.3 Å². The number of carbonyl (C=O) groups is 1. The van der Waals surface area contributed by atoms with Crippen LogP contribution in [0, 0.1) is 0 Å². The Hall–Kier alpha value is -1.43. The highest BCUT2D eigenvalue weighted by Gasteiger charge is 2.08. The standard InChI is InChI=1S/C13H19NO4/c1-18-13(17)12-4-2-3-11(9-12)10-14(5-7-15)6-8-16/h2-4,9,15-16H,5-8,10H2,1H3. The van der Waals surface area contributed by atoms with Gasteiger partial charge < -0.3 is 14.9 Å². The molecule has 0 saturated heterocycles. The third kappa shape index (κ3) is 4.44. The SMILES string of the molecule is COC(=O)c1cccc(CN(CCO)CCO)c1. The van der Waals surface area contributed by atoms with Crippen LogP contribution >= 0.6 is 0 Å². The van der Waals surface area contributed by atoms with Crippen LogP contribution in [0.5, 0.6) is 0 Å². The predicted octanol–water partition coefficient (Wildman–Crippen LogP) is 0.260. The third-order valence-electron chi connectivity index (χ3n) is 2.59. The number of aliphatic hydroxyl groups is 2. The second-order valence-corrected chi connectivity index (χ2v) is 3.92. The van der Waals surface area contributed by atoms with E-state index in [0.29, 0.717) is 25.2 Å². The van der Waals surface area contributed by atoms with Gasteiger partial charge in [0.05, 0.1) is 25.9 Å². The van der Waals surface area contributed by atoms with Gasteiger partial charge in [0.15, 0.2) is 0 Å². The number of benzene rings is 1. The van der Waals surface area contributed by atoms with Crippen molar-refractivity contribution in [3.63, 3.8) is 0 Å². The van der Waals surface area contributed by atoms with Crippen LogP contribution in [0.25, 0.3) is 0 Å². The number of esters is 1. The molecular formula is C13H19NO4. The maximum atomic E-state index is 11.4. The van der Waals surface area contributed by atoms with Crippen molar-refractivity contribution in [2.45, 2.75) is 6.54 Å². The molecule has 0 amide bonds. The van der Waals surface area contributed by atoms with Crippen LogP contribution in [0.1, 0.15) is 15.9 Å². The van der Waals surface area contributed by atoms with Crippen molar-refractivity contribution in [1.29, 1.82) is 0 Å². The van der Waals surface area contributed by atoms with Crippen LogP contribution in [0.4, 0.5) is 0 Å². The van der Waals surface area contributed by atoms with E-state index in [2.05, 4.69) is 4.74 Å². The second kappa shape index (κ2) is 7.81. The number of ether oxygens (including phenoxy) is 1. The molecular weight excluding hydrogens is 234 g/mol. The summed E-state index contributed by atoms with van der Waals surface area (Å²) in [4.78, 5) is 13.3. The van der Waals surface area contributed by atoms with Crippen LogP contribution in [0.3, 0.4) is 0 Å². The third-order valence-corrected chi connectivity index (χ3v) is 2.59. The van der Waals surface area contributed by atoms with E-state index in [1.54, 1.807) is 18.2 Å². The zero-order valence-electron chi connectivity index (χ0n) is 10.5. The van der Waals surface area contributed by atoms with Crippen molar-refractivity contribution in [3.8, 4) is 0 Å². The summed E-state index contributed by atoms with van der Waals surface area (Å²) in [6.07, 6.45) is 0. The van der Waals surface area contributed by atoms with Crippen molar-refractivity contribution >= 4 is 5.97 Å². The molecule has 0 atom stereocenters. The minimum Gasteiger partial charge on any atom is -0.465 e. The molecule has 0 aliphatic carbocycles. The maximum Gasteiger partial charge on any atom is 0.337 e. The first-order chi connectivity index (χ1) is 8.71. The number of aliphatic hydroxyl groups excluding tert-OH is 2. The molecule has 1 aromatic carbocycles. The van der Waals surface area contributed by atoms with Gasteiger partial charge in [-0.2, -0.15) is 0 Å². The number of nitrogens with zero attached hydrogens (tertiary/aromatic N) is 1. The molecule has 1 aromatic rings. The van der Waals surface area contributed by atoms with Crippen molar-refractivity contribution in [2.24, 2.45) is 0 Å². The van der Waals surface area contributed by atoms with Crippen molar-refractivity contribution in [3.05, 3.63) is 35.4 Å². The molecule has 0 bridgehead atoms. The summed E-state index contributed by atoms with van der Waals surface area (Å²) in [6, 6.07) is 7.14. The molecule has 100 valence electrons. The van der Waals surface area contributed by atoms with Gasteiger partial charge in [-0.3, -0.25) is 4.90 Å². The van der Waals surface area contributed by atoms with Crippen molar-refractivity contribution < 1.29 is 19.7 Å². The van der Waals surface area contributed by atoms with Crippen LogP contribution in [-0.4, -0.2) is 54.5 Å². The molecule has 0 radical (unpaired) electrons. The predicted molar refractivity (Wildman–Crippen MR) is 67.2 cm³/mol. The first-order valence-corrected chi connectivity index (χ1v) is 5.82. The highest BCUT2D eigenvalue weighted by atomic mass is 16.5. The largest absolute Gasteiger partial charge is 0.465 e. The van der Waals surface area contributed by atoms with Crippen molar-refractivity contribution in [1.82, 2.24) is 4.90 Å². The summed E-state index contributed by atoms with van der Waals surface area (Å²) in [5.74, 6) is -0.368. The molecule has 0 heterocycles. The highest BCUT2D eigenvalue weighted by Crippen LogP contribution is 2.09. The lowest BCUT2D eigenvalue weighted by Gasteiger charge is -2.20. The lowest BCUT2D eigenvalue weighted by Crippen LogP contribution is -2.29. The van der Waals surface area contributed by atoms with E-state index in [1.165, 1.54) is 7.11 Å². The fourth-order valence-electron chi connectivity index (χ4n) is 1.73. The van der Waals surface area contributed by atoms with Gasteiger partial charge in [0.25, 0.3) is 0 Å². The Bertz CT molecular complexity index is 375. The van der Waals surface area contributed by atoms with Gasteiger partial charge in [-0.1, -0.05) is 12.1 Å². The zero-order valence-corrected chi connectivity index (χ0v) is 10.5. The quantitative estimate of drug-likeness (QED) is 0.682. The molecule has 0 aromatic heterocycles. The topological polar surface area (TPSA) is 70.0 Å². The number of rotatable bonds is 7. The Morgan fingerprint density at radius 3 is 2.50 bits per heavy atom. The van der Waals surface area contributed by atoms with E-state index in [1.807, 2.05) is 11.0 Å². The smallest absolute Gasteiger partial charge is 0.337 e. The van der Waals surface area contributed by atoms with Gasteiger partial charge in [0.2, 0.25) is 0 Å². The Labute approximate surface area is 107 Å². The monoisotopic (exact) mass is 253 g/mol. The average Bonchev–Trinajstić information content (AvgIpc) is 2.39. The molecule has 5 heteroatoms. The molecule has 5 nitrogen and oxygen atoms in total. The van der Waals surface area contributed by atoms with E-state index < -0.39 is 0 Å². The number of methoxy groups -OCH3 is 1. The maximum absolute atomic E-state index is 11.4. The molecule has 0 saturated carbocycles. The fourth-order valence-corrected chi connectivity index (χ4v) is 1.73. The van der Waals surface area contributed by atoms with Gasteiger partial charge in [-0.25, -0.2) is 4.79 Å². The minimum atomic E-state index is -0.368. The van der Waals surface area contributed by atoms with E-state index >= 15 is 0 Å². The van der Waals surface area contributed by atoms with Gasteiger partial charge in [0.1, 0.15) is 0 Å². The Morgan fingerprint density at radius 1 is 1.28 bits per heavy atom. The van der Waals surface area contributed by atoms with Gasteiger partial charge in [-0.05, 0) is 17.7 Å². The van der Waals surface area contributed by atoms with Crippen LogP contribution in [0.2, 0.25) is 0 Å². The van der Waals surface area contributed by atoms with Crippen LogP contribution < -0.4 is 0 Å². The number of carbonyl (C=O) groups excluding carboxylic acids is 1. The molecule has 1 rings (SSSR count). The first kappa shape index (κ1) is 14.6. The molecule has 0 aliphatic heterocycles. The summed E-state index contributed by atoms with van der Waals surface area (Å²) >= 11 is 0. The average molecular weight is 253 g/mol. The number of hydrogen-bond acceptors (Lipinski definition) is 5. The molecule has 2 N–H and O–H groups in total. The minimum absolute atomic E-state index is 0.0384. The van der Waals surface area contributed by atoms with E-state index in [0.717, 1.165) is 5.56 Å². The van der Waals surface area contributed by atoms with Gasteiger partial charge in [0, 0.05) is 19.6 Å². The fraction of sp³-hybridized carbons (Fsp3) is 0.462. The summed E-state index contributed by atoms with van der Waals surface area (Å²) in [6.45, 7) is 1.63. The lowest BCUT2D eigenvalue weighted by atomic mass is 10.1. The number of hydrogen-bond donors (Lipinski definition) is 2.